The van der Waals surface area contributed by atoms with Gasteiger partial charge in [-0.3, -0.25) is 0 Å². The van der Waals surface area contributed by atoms with Crippen LogP contribution in [0.3, 0.4) is 0 Å². The number of nitrogens with one attached hydrogen (secondary N) is 1. The Kier molecular flexibility index (Phi) is 1.77. The average molecular weight is 242 g/mol. The van der Waals surface area contributed by atoms with Crippen molar-refractivity contribution in [1.82, 2.24) is 10.2 Å². The van der Waals surface area contributed by atoms with E-state index >= 15 is 0 Å². The topological polar surface area (TPSA) is 77.4 Å². The fraction of sp³-hybridized carbons (Fsp3) is 0.111. The Bertz CT molecular complexity index is 634. The molecule has 0 aliphatic carbocycles. The first kappa shape index (κ1) is 9.82. The normalized spacial score (nSPS) is 16.1. The van der Waals surface area contributed by atoms with Gasteiger partial charge in [0.1, 0.15) is 0 Å². The molecular weight excluding hydrogens is 238 g/mol. The molecule has 0 radical (unpaired) electrons. The van der Waals surface area contributed by atoms with E-state index in [1.165, 1.54) is 18.2 Å². The van der Waals surface area contributed by atoms with E-state index in [2.05, 4.69) is 24.1 Å². The Labute approximate surface area is 91.8 Å². The number of alkyl halides is 2. The van der Waals surface area contributed by atoms with Gasteiger partial charge in [-0.05, 0) is 18.2 Å². The molecule has 6 nitrogen and oxygen atoms in total. The smallest absolute Gasteiger partial charge is 0.395 e. The SMILES string of the molecule is O=c1[nH]nc(-c2ccc3c(c2)OC(F)(F)O3)o1. The molecule has 2 aromatic rings. The highest BCUT2D eigenvalue weighted by Gasteiger charge is 2.43. The van der Waals surface area contributed by atoms with E-state index in [9.17, 15) is 13.6 Å². The van der Waals surface area contributed by atoms with Crippen molar-refractivity contribution in [2.24, 2.45) is 0 Å². The molecule has 17 heavy (non-hydrogen) atoms. The summed E-state index contributed by atoms with van der Waals surface area (Å²) in [5, 5.41) is 5.62. The molecule has 0 bridgehead atoms. The molecule has 1 aliphatic heterocycles. The molecule has 88 valence electrons. The molecule has 0 fully saturated rings. The summed E-state index contributed by atoms with van der Waals surface area (Å²) in [6.45, 7) is 0. The van der Waals surface area contributed by atoms with E-state index in [1.54, 1.807) is 0 Å². The lowest BCUT2D eigenvalue weighted by Crippen LogP contribution is -2.25. The van der Waals surface area contributed by atoms with Crippen molar-refractivity contribution in [3.8, 4) is 23.0 Å². The summed E-state index contributed by atoms with van der Waals surface area (Å²) in [6.07, 6.45) is -3.67. The molecule has 8 heteroatoms. The Balaban J connectivity index is 2.04. The first-order valence-electron chi connectivity index (χ1n) is 4.49. The third-order valence-corrected chi connectivity index (χ3v) is 2.09. The number of halogens is 2. The summed E-state index contributed by atoms with van der Waals surface area (Å²) < 4.78 is 38.6. The maximum absolute atomic E-state index is 12.7. The summed E-state index contributed by atoms with van der Waals surface area (Å²) in [4.78, 5) is 10.7. The highest BCUT2D eigenvalue weighted by atomic mass is 19.3. The third kappa shape index (κ3) is 1.63. The lowest BCUT2D eigenvalue weighted by atomic mass is 10.2. The summed E-state index contributed by atoms with van der Waals surface area (Å²) in [7, 11) is 0. The van der Waals surface area contributed by atoms with E-state index < -0.39 is 12.1 Å². The first-order chi connectivity index (χ1) is 8.03. The number of rotatable bonds is 1. The number of benzene rings is 1. The van der Waals surface area contributed by atoms with Gasteiger partial charge >= 0.3 is 12.1 Å². The van der Waals surface area contributed by atoms with Crippen LogP contribution < -0.4 is 15.2 Å². The number of ether oxygens (including phenoxy) is 2. The van der Waals surface area contributed by atoms with Gasteiger partial charge in [0.15, 0.2) is 11.5 Å². The number of fused-ring (bicyclic) bond motifs is 1. The molecule has 0 saturated carbocycles. The lowest BCUT2D eigenvalue weighted by molar-refractivity contribution is -0.286. The molecule has 1 aliphatic rings. The van der Waals surface area contributed by atoms with Gasteiger partial charge in [-0.15, -0.1) is 13.9 Å². The molecule has 1 N–H and O–H groups in total. The minimum Gasteiger partial charge on any atom is -0.395 e. The monoisotopic (exact) mass is 242 g/mol. The van der Waals surface area contributed by atoms with Crippen molar-refractivity contribution in [1.29, 1.82) is 0 Å². The zero-order valence-electron chi connectivity index (χ0n) is 8.07. The predicted octanol–water partition coefficient (Wildman–Crippen LogP) is 1.35. The average Bonchev–Trinajstić information content (AvgIpc) is 2.78. The van der Waals surface area contributed by atoms with Crippen LogP contribution in [0.25, 0.3) is 11.5 Å². The van der Waals surface area contributed by atoms with Gasteiger partial charge < -0.3 is 13.9 Å². The van der Waals surface area contributed by atoms with Crippen LogP contribution in [0.1, 0.15) is 0 Å². The highest BCUT2D eigenvalue weighted by Crippen LogP contribution is 2.42. The second kappa shape index (κ2) is 3.06. The van der Waals surface area contributed by atoms with Gasteiger partial charge in [-0.1, -0.05) is 0 Å². The fourth-order valence-corrected chi connectivity index (χ4v) is 1.44. The van der Waals surface area contributed by atoms with Crippen LogP contribution in [0.15, 0.2) is 27.4 Å². The van der Waals surface area contributed by atoms with Gasteiger partial charge in [-0.25, -0.2) is 9.89 Å². The van der Waals surface area contributed by atoms with Crippen LogP contribution in [0.2, 0.25) is 0 Å². The maximum atomic E-state index is 12.7. The van der Waals surface area contributed by atoms with Crippen molar-refractivity contribution in [2.75, 3.05) is 0 Å². The molecule has 0 atom stereocenters. The summed E-state index contributed by atoms with van der Waals surface area (Å²) in [6, 6.07) is 3.94. The van der Waals surface area contributed by atoms with Crippen molar-refractivity contribution in [3.05, 3.63) is 28.7 Å². The van der Waals surface area contributed by atoms with Gasteiger partial charge in [0.25, 0.3) is 0 Å². The first-order valence-corrected chi connectivity index (χ1v) is 4.49. The van der Waals surface area contributed by atoms with E-state index in [1.807, 2.05) is 0 Å². The predicted molar refractivity (Wildman–Crippen MR) is 48.8 cm³/mol. The quantitative estimate of drug-likeness (QED) is 0.816. The lowest BCUT2D eigenvalue weighted by Gasteiger charge is -2.04. The maximum Gasteiger partial charge on any atom is 0.586 e. The molecule has 0 saturated heterocycles. The zero-order chi connectivity index (χ0) is 12.0. The van der Waals surface area contributed by atoms with Crippen LogP contribution in [0.4, 0.5) is 8.78 Å². The Hall–Kier alpha value is -2.38. The Morgan fingerprint density at radius 2 is 2.00 bits per heavy atom. The summed E-state index contributed by atoms with van der Waals surface area (Å²) in [5.41, 5.74) is 0.323. The molecule has 2 heterocycles. The van der Waals surface area contributed by atoms with Crippen LogP contribution in [0, 0.1) is 0 Å². The number of aromatic nitrogens is 2. The molecule has 0 unspecified atom stereocenters. The Morgan fingerprint density at radius 3 is 2.71 bits per heavy atom. The molecular formula is C9H4F2N2O4. The van der Waals surface area contributed by atoms with Crippen LogP contribution in [-0.2, 0) is 0 Å². The van der Waals surface area contributed by atoms with Gasteiger partial charge in [0.05, 0.1) is 0 Å². The van der Waals surface area contributed by atoms with E-state index in [4.69, 9.17) is 0 Å². The molecule has 3 rings (SSSR count). The molecule has 0 amide bonds. The number of nitrogens with zero attached hydrogens (tertiary/aromatic N) is 1. The number of hydrogen-bond acceptors (Lipinski definition) is 5. The second-order valence-electron chi connectivity index (χ2n) is 3.25. The second-order valence-corrected chi connectivity index (χ2v) is 3.25. The van der Waals surface area contributed by atoms with Crippen LogP contribution >= 0.6 is 0 Å². The molecule has 0 spiro atoms. The minimum atomic E-state index is -3.67. The van der Waals surface area contributed by atoms with Gasteiger partial charge in [-0.2, -0.15) is 0 Å². The molecule has 1 aromatic carbocycles. The number of hydrogen-bond donors (Lipinski definition) is 1. The number of aromatic amines is 1. The Morgan fingerprint density at radius 1 is 1.24 bits per heavy atom. The van der Waals surface area contributed by atoms with Crippen molar-refractivity contribution < 1.29 is 22.7 Å². The van der Waals surface area contributed by atoms with Crippen LogP contribution in [-0.4, -0.2) is 16.5 Å². The van der Waals surface area contributed by atoms with Crippen LogP contribution in [0.5, 0.6) is 11.5 Å². The zero-order valence-corrected chi connectivity index (χ0v) is 8.07. The summed E-state index contributed by atoms with van der Waals surface area (Å²) >= 11 is 0. The van der Waals surface area contributed by atoms with Gasteiger partial charge in [0.2, 0.25) is 5.89 Å². The van der Waals surface area contributed by atoms with Crippen molar-refractivity contribution in [2.45, 2.75) is 6.29 Å². The minimum absolute atomic E-state index is 0.0170. The number of H-pyrrole nitrogens is 1. The highest BCUT2D eigenvalue weighted by molar-refractivity contribution is 5.60. The largest absolute Gasteiger partial charge is 0.586 e. The van der Waals surface area contributed by atoms with E-state index in [0.29, 0.717) is 5.56 Å². The van der Waals surface area contributed by atoms with Gasteiger partial charge in [0, 0.05) is 5.56 Å². The fourth-order valence-electron chi connectivity index (χ4n) is 1.44. The third-order valence-electron chi connectivity index (χ3n) is 2.09. The molecule has 1 aromatic heterocycles. The summed E-state index contributed by atoms with van der Waals surface area (Å²) in [5.74, 6) is -0.977. The van der Waals surface area contributed by atoms with E-state index in [0.717, 1.165) is 0 Å². The van der Waals surface area contributed by atoms with E-state index in [-0.39, 0.29) is 17.4 Å². The van der Waals surface area contributed by atoms with Crippen molar-refractivity contribution >= 4 is 0 Å². The standard InChI is InChI=1S/C9H4F2N2O4/c10-9(11)16-5-2-1-4(3-6(5)17-9)7-12-13-8(14)15-7/h1-3H,(H,13,14). The van der Waals surface area contributed by atoms with Crippen molar-refractivity contribution in [3.63, 3.8) is 0 Å².